The molecule has 0 aliphatic heterocycles. The minimum atomic E-state index is -0.472. The van der Waals surface area contributed by atoms with Gasteiger partial charge in [0, 0.05) is 28.2 Å². The molecule has 130 valence electrons. The van der Waals surface area contributed by atoms with Crippen LogP contribution in [0.5, 0.6) is 17.2 Å². The second-order valence-corrected chi connectivity index (χ2v) is 6.28. The van der Waals surface area contributed by atoms with Crippen molar-refractivity contribution in [1.29, 1.82) is 0 Å². The maximum Gasteiger partial charge on any atom is 0.185 e. The van der Waals surface area contributed by atoms with Crippen molar-refractivity contribution in [2.75, 3.05) is 7.11 Å². The summed E-state index contributed by atoms with van der Waals surface area (Å²) in [5, 5.41) is 20.1. The van der Waals surface area contributed by atoms with E-state index in [0.29, 0.717) is 22.4 Å². The number of hydrogen-bond donors (Lipinski definition) is 2. The molecule has 4 nitrogen and oxygen atoms in total. The van der Waals surface area contributed by atoms with Crippen LogP contribution in [0.1, 0.15) is 35.3 Å². The molecule has 0 amide bonds. The molecule has 0 spiro atoms. The summed E-state index contributed by atoms with van der Waals surface area (Å²) in [6.45, 7) is 7.58. The minimum Gasteiger partial charge on any atom is -0.507 e. The Morgan fingerprint density at radius 3 is 2.32 bits per heavy atom. The standard InChI is InChI=1S/C21H22O4/c1-5-21(2,3)17-12-15(19(23)13-20(17)24)8-11-18(22)14-6-9-16(25-4)10-7-14/h5-13,23-24H,1H2,2-4H3. The molecule has 2 aromatic rings. The highest BCUT2D eigenvalue weighted by Gasteiger charge is 2.21. The molecule has 2 N–H and O–H groups in total. The molecule has 2 rings (SSSR count). The lowest BCUT2D eigenvalue weighted by atomic mass is 9.83. The molecule has 4 heteroatoms. The van der Waals surface area contributed by atoms with Crippen LogP contribution in [0.15, 0.2) is 55.1 Å². The van der Waals surface area contributed by atoms with Gasteiger partial charge < -0.3 is 14.9 Å². The Balaban J connectivity index is 2.32. The molecule has 0 bridgehead atoms. The van der Waals surface area contributed by atoms with Gasteiger partial charge in [0.15, 0.2) is 5.78 Å². The van der Waals surface area contributed by atoms with Crippen molar-refractivity contribution in [1.82, 2.24) is 0 Å². The van der Waals surface area contributed by atoms with E-state index in [1.54, 1.807) is 43.5 Å². The first-order valence-corrected chi connectivity index (χ1v) is 7.85. The summed E-state index contributed by atoms with van der Waals surface area (Å²) in [6.07, 6.45) is 4.64. The van der Waals surface area contributed by atoms with Crippen LogP contribution in [0, 0.1) is 0 Å². The van der Waals surface area contributed by atoms with E-state index < -0.39 is 5.41 Å². The highest BCUT2D eigenvalue weighted by molar-refractivity contribution is 6.07. The number of rotatable bonds is 6. The number of phenols is 2. The molecule has 0 saturated carbocycles. The van der Waals surface area contributed by atoms with Crippen LogP contribution >= 0.6 is 0 Å². The molecule has 0 aliphatic rings. The molecular formula is C21H22O4. The number of ketones is 1. The lowest BCUT2D eigenvalue weighted by molar-refractivity contribution is 0.104. The molecular weight excluding hydrogens is 316 g/mol. The highest BCUT2D eigenvalue weighted by atomic mass is 16.5. The van der Waals surface area contributed by atoms with E-state index in [1.165, 1.54) is 18.2 Å². The topological polar surface area (TPSA) is 66.8 Å². The lowest BCUT2D eigenvalue weighted by Crippen LogP contribution is -2.13. The van der Waals surface area contributed by atoms with Crippen molar-refractivity contribution < 1.29 is 19.7 Å². The number of methoxy groups -OCH3 is 1. The van der Waals surface area contributed by atoms with Crippen LogP contribution in [-0.2, 0) is 5.41 Å². The normalized spacial score (nSPS) is 11.5. The smallest absolute Gasteiger partial charge is 0.185 e. The number of allylic oxidation sites excluding steroid dienone is 2. The maximum atomic E-state index is 12.3. The van der Waals surface area contributed by atoms with Crippen LogP contribution in [-0.4, -0.2) is 23.1 Å². The van der Waals surface area contributed by atoms with Crippen molar-refractivity contribution in [2.45, 2.75) is 19.3 Å². The summed E-state index contributed by atoms with van der Waals surface area (Å²) in [4.78, 5) is 12.3. The van der Waals surface area contributed by atoms with E-state index in [2.05, 4.69) is 6.58 Å². The highest BCUT2D eigenvalue weighted by Crippen LogP contribution is 2.36. The average Bonchev–Trinajstić information content (AvgIpc) is 2.60. The van der Waals surface area contributed by atoms with Crippen LogP contribution < -0.4 is 4.74 Å². The summed E-state index contributed by atoms with van der Waals surface area (Å²) in [5.41, 5.74) is 1.11. The number of carbonyl (C=O) groups is 1. The van der Waals surface area contributed by atoms with Gasteiger partial charge in [0.25, 0.3) is 0 Å². The largest absolute Gasteiger partial charge is 0.507 e. The predicted octanol–water partition coefficient (Wildman–Crippen LogP) is 4.47. The van der Waals surface area contributed by atoms with Crippen molar-refractivity contribution in [3.05, 3.63) is 71.8 Å². The number of carbonyl (C=O) groups excluding carboxylic acids is 1. The summed E-state index contributed by atoms with van der Waals surface area (Å²) < 4.78 is 5.07. The second-order valence-electron chi connectivity index (χ2n) is 6.28. The quantitative estimate of drug-likeness (QED) is 0.463. The molecule has 0 unspecified atom stereocenters. The summed E-state index contributed by atoms with van der Waals surface area (Å²) in [7, 11) is 1.56. The van der Waals surface area contributed by atoms with Crippen LogP contribution in [0.25, 0.3) is 6.08 Å². The molecule has 0 saturated heterocycles. The minimum absolute atomic E-state index is 0.0129. The first kappa shape index (κ1) is 18.3. The van der Waals surface area contributed by atoms with Gasteiger partial charge >= 0.3 is 0 Å². The van der Waals surface area contributed by atoms with Gasteiger partial charge in [0.05, 0.1) is 7.11 Å². The van der Waals surface area contributed by atoms with Gasteiger partial charge in [-0.25, -0.2) is 0 Å². The number of hydrogen-bond acceptors (Lipinski definition) is 4. The van der Waals surface area contributed by atoms with Crippen LogP contribution in [0.3, 0.4) is 0 Å². The zero-order valence-electron chi connectivity index (χ0n) is 14.6. The average molecular weight is 338 g/mol. The van der Waals surface area contributed by atoms with Gasteiger partial charge in [0.1, 0.15) is 17.2 Å². The summed E-state index contributed by atoms with van der Waals surface area (Å²) >= 11 is 0. The zero-order valence-corrected chi connectivity index (χ0v) is 14.6. The summed E-state index contributed by atoms with van der Waals surface area (Å²) in [6, 6.07) is 9.71. The second kappa shape index (κ2) is 7.26. The fourth-order valence-electron chi connectivity index (χ4n) is 2.37. The Morgan fingerprint density at radius 1 is 1.12 bits per heavy atom. The SMILES string of the molecule is C=CC(C)(C)c1cc(C=CC(=O)c2ccc(OC)cc2)c(O)cc1O. The number of ether oxygens (including phenoxy) is 1. The predicted molar refractivity (Wildman–Crippen MR) is 99.4 cm³/mol. The maximum absolute atomic E-state index is 12.3. The zero-order chi connectivity index (χ0) is 18.6. The van der Waals surface area contributed by atoms with E-state index in [1.807, 2.05) is 13.8 Å². The van der Waals surface area contributed by atoms with Gasteiger partial charge in [-0.15, -0.1) is 6.58 Å². The molecule has 2 aromatic carbocycles. The number of phenolic OH excluding ortho intramolecular Hbond substituents is 2. The van der Waals surface area contributed by atoms with E-state index >= 15 is 0 Å². The van der Waals surface area contributed by atoms with Crippen molar-refractivity contribution in [2.24, 2.45) is 0 Å². The Kier molecular flexibility index (Phi) is 5.32. The molecule has 0 fully saturated rings. The third kappa shape index (κ3) is 4.10. The van der Waals surface area contributed by atoms with Gasteiger partial charge in [-0.1, -0.05) is 19.9 Å². The number of aromatic hydroxyl groups is 2. The van der Waals surface area contributed by atoms with Gasteiger partial charge in [0.2, 0.25) is 0 Å². The summed E-state index contributed by atoms with van der Waals surface area (Å²) in [5.74, 6) is 0.369. The van der Waals surface area contributed by atoms with Crippen LogP contribution in [0.4, 0.5) is 0 Å². The van der Waals surface area contributed by atoms with Crippen molar-refractivity contribution >= 4 is 11.9 Å². The molecule has 0 atom stereocenters. The Hall–Kier alpha value is -3.01. The monoisotopic (exact) mass is 338 g/mol. The molecule has 0 radical (unpaired) electrons. The van der Waals surface area contributed by atoms with Crippen LogP contribution in [0.2, 0.25) is 0 Å². The van der Waals surface area contributed by atoms with Gasteiger partial charge in [-0.05, 0) is 42.5 Å². The van der Waals surface area contributed by atoms with E-state index in [4.69, 9.17) is 4.74 Å². The van der Waals surface area contributed by atoms with Crippen molar-refractivity contribution in [3.63, 3.8) is 0 Å². The van der Waals surface area contributed by atoms with E-state index in [0.717, 1.165) is 0 Å². The fraction of sp³-hybridized carbons (Fsp3) is 0.190. The first-order chi connectivity index (χ1) is 11.8. The molecule has 0 aromatic heterocycles. The van der Waals surface area contributed by atoms with E-state index in [9.17, 15) is 15.0 Å². The third-order valence-corrected chi connectivity index (χ3v) is 4.14. The van der Waals surface area contributed by atoms with Gasteiger partial charge in [-0.3, -0.25) is 4.79 Å². The van der Waals surface area contributed by atoms with E-state index in [-0.39, 0.29) is 17.3 Å². The molecule has 25 heavy (non-hydrogen) atoms. The fourth-order valence-corrected chi connectivity index (χ4v) is 2.37. The van der Waals surface area contributed by atoms with Gasteiger partial charge in [-0.2, -0.15) is 0 Å². The van der Waals surface area contributed by atoms with Crippen molar-refractivity contribution in [3.8, 4) is 17.2 Å². The lowest BCUT2D eigenvalue weighted by Gasteiger charge is -2.22. The third-order valence-electron chi connectivity index (χ3n) is 4.14. The molecule has 0 heterocycles. The number of benzene rings is 2. The Bertz CT molecular complexity index is 815. The molecule has 0 aliphatic carbocycles. The first-order valence-electron chi connectivity index (χ1n) is 7.85. The Morgan fingerprint density at radius 2 is 1.76 bits per heavy atom. The Labute approximate surface area is 147 Å².